The molecule has 2 aromatic rings. The van der Waals surface area contributed by atoms with Crippen molar-refractivity contribution in [2.45, 2.75) is 38.1 Å². The van der Waals surface area contributed by atoms with Crippen molar-refractivity contribution in [3.63, 3.8) is 0 Å². The van der Waals surface area contributed by atoms with Crippen LogP contribution in [0.2, 0.25) is 0 Å². The van der Waals surface area contributed by atoms with Crippen LogP contribution in [0.1, 0.15) is 35.3 Å². The average molecular weight is 352 g/mol. The van der Waals surface area contributed by atoms with Gasteiger partial charge in [-0.25, -0.2) is 13.1 Å². The lowest BCUT2D eigenvalue weighted by molar-refractivity contribution is 0.103. The van der Waals surface area contributed by atoms with Crippen LogP contribution in [0.3, 0.4) is 0 Å². The first-order chi connectivity index (χ1) is 10.6. The number of carbonyl (C=O) groups excluding carboxylic acids is 1. The normalized spacial score (nSPS) is 12.2. The van der Waals surface area contributed by atoms with Crippen molar-refractivity contribution < 1.29 is 13.2 Å². The molecule has 0 aliphatic rings. The van der Waals surface area contributed by atoms with Crippen LogP contribution < -0.4 is 10.0 Å². The van der Waals surface area contributed by atoms with Crippen molar-refractivity contribution >= 4 is 33.0 Å². The standard InChI is InChI=1S/C16H20N2O3S2/c1-11-8-9-14(22-11)15(19)17-12-6-5-7-13(10-12)23(20,21)18-16(2,3)4/h5-10,18H,1-4H3,(H,17,19). The Hall–Kier alpha value is -1.70. The minimum atomic E-state index is -3.64. The van der Waals surface area contributed by atoms with Gasteiger partial charge in [0.05, 0.1) is 9.77 Å². The highest BCUT2D eigenvalue weighted by Gasteiger charge is 2.22. The SMILES string of the molecule is Cc1ccc(C(=O)Nc2cccc(S(=O)(=O)NC(C)(C)C)c2)s1. The first-order valence-electron chi connectivity index (χ1n) is 7.09. The zero-order valence-corrected chi connectivity index (χ0v) is 15.1. The fourth-order valence-corrected chi connectivity index (χ4v) is 4.18. The van der Waals surface area contributed by atoms with Gasteiger partial charge in [0.15, 0.2) is 0 Å². The third-order valence-corrected chi connectivity index (χ3v) is 5.56. The van der Waals surface area contributed by atoms with Crippen LogP contribution in [0.5, 0.6) is 0 Å². The van der Waals surface area contributed by atoms with Crippen LogP contribution in [0.15, 0.2) is 41.3 Å². The van der Waals surface area contributed by atoms with E-state index in [1.54, 1.807) is 39.0 Å². The van der Waals surface area contributed by atoms with Crippen molar-refractivity contribution in [3.05, 3.63) is 46.2 Å². The van der Waals surface area contributed by atoms with Crippen molar-refractivity contribution in [3.8, 4) is 0 Å². The van der Waals surface area contributed by atoms with Gasteiger partial charge in [-0.1, -0.05) is 6.07 Å². The van der Waals surface area contributed by atoms with Gasteiger partial charge in [0, 0.05) is 16.1 Å². The summed E-state index contributed by atoms with van der Waals surface area (Å²) in [6, 6.07) is 9.83. The highest BCUT2D eigenvalue weighted by Crippen LogP contribution is 2.20. The predicted octanol–water partition coefficient (Wildman–Crippen LogP) is 3.39. The maximum Gasteiger partial charge on any atom is 0.265 e. The zero-order valence-electron chi connectivity index (χ0n) is 13.5. The average Bonchev–Trinajstić information content (AvgIpc) is 2.83. The van der Waals surface area contributed by atoms with Crippen molar-refractivity contribution in [1.82, 2.24) is 4.72 Å². The number of hydrogen-bond acceptors (Lipinski definition) is 4. The summed E-state index contributed by atoms with van der Waals surface area (Å²) in [4.78, 5) is 13.9. The highest BCUT2D eigenvalue weighted by molar-refractivity contribution is 7.89. The molecule has 0 bridgehead atoms. The maximum atomic E-state index is 12.3. The van der Waals surface area contributed by atoms with E-state index in [9.17, 15) is 13.2 Å². The molecule has 1 amide bonds. The van der Waals surface area contributed by atoms with Crippen molar-refractivity contribution in [2.75, 3.05) is 5.32 Å². The van der Waals surface area contributed by atoms with Gasteiger partial charge in [0.1, 0.15) is 0 Å². The summed E-state index contributed by atoms with van der Waals surface area (Å²) in [6.45, 7) is 7.24. The van der Waals surface area contributed by atoms with Gasteiger partial charge in [-0.3, -0.25) is 4.79 Å². The van der Waals surface area contributed by atoms with E-state index < -0.39 is 15.6 Å². The van der Waals surface area contributed by atoms with Crippen LogP contribution in [0.25, 0.3) is 0 Å². The molecule has 0 aliphatic heterocycles. The number of rotatable bonds is 4. The van der Waals surface area contributed by atoms with E-state index >= 15 is 0 Å². The van der Waals surface area contributed by atoms with Crippen molar-refractivity contribution in [2.24, 2.45) is 0 Å². The molecular formula is C16H20N2O3S2. The second-order valence-electron chi connectivity index (χ2n) is 6.25. The Labute approximate surface area is 140 Å². The Morgan fingerprint density at radius 1 is 1.13 bits per heavy atom. The Kier molecular flexibility index (Phi) is 4.93. The van der Waals surface area contributed by atoms with Gasteiger partial charge in [0.2, 0.25) is 10.0 Å². The smallest absolute Gasteiger partial charge is 0.265 e. The van der Waals surface area contributed by atoms with E-state index in [2.05, 4.69) is 10.0 Å². The molecule has 7 heteroatoms. The molecule has 1 aromatic carbocycles. The second-order valence-corrected chi connectivity index (χ2v) is 9.22. The molecule has 1 heterocycles. The zero-order chi connectivity index (χ0) is 17.3. The van der Waals surface area contributed by atoms with Crippen LogP contribution in [0.4, 0.5) is 5.69 Å². The third kappa shape index (κ3) is 4.89. The highest BCUT2D eigenvalue weighted by atomic mass is 32.2. The van der Waals surface area contributed by atoms with E-state index in [0.29, 0.717) is 10.6 Å². The van der Waals surface area contributed by atoms with Crippen LogP contribution >= 0.6 is 11.3 Å². The molecule has 0 radical (unpaired) electrons. The lowest BCUT2D eigenvalue weighted by Gasteiger charge is -2.20. The molecule has 23 heavy (non-hydrogen) atoms. The molecule has 1 aromatic heterocycles. The summed E-state index contributed by atoms with van der Waals surface area (Å²) in [7, 11) is -3.64. The number of aryl methyl sites for hydroxylation is 1. The minimum Gasteiger partial charge on any atom is -0.321 e. The van der Waals surface area contributed by atoms with Crippen LogP contribution in [-0.4, -0.2) is 19.9 Å². The predicted molar refractivity (Wildman–Crippen MR) is 93.5 cm³/mol. The van der Waals surface area contributed by atoms with Gasteiger partial charge >= 0.3 is 0 Å². The number of amides is 1. The summed E-state index contributed by atoms with van der Waals surface area (Å²) < 4.78 is 27.3. The molecule has 2 rings (SSSR count). The van der Waals surface area contributed by atoms with Crippen molar-refractivity contribution in [1.29, 1.82) is 0 Å². The maximum absolute atomic E-state index is 12.3. The van der Waals surface area contributed by atoms with Gasteiger partial charge in [-0.2, -0.15) is 0 Å². The fraction of sp³-hybridized carbons (Fsp3) is 0.312. The van der Waals surface area contributed by atoms with Gasteiger partial charge in [-0.15, -0.1) is 11.3 Å². The quantitative estimate of drug-likeness (QED) is 0.886. The molecule has 0 spiro atoms. The molecule has 0 saturated heterocycles. The molecule has 2 N–H and O–H groups in total. The third-order valence-electron chi connectivity index (χ3n) is 2.81. The number of nitrogens with one attached hydrogen (secondary N) is 2. The summed E-state index contributed by atoms with van der Waals surface area (Å²) >= 11 is 1.39. The van der Waals surface area contributed by atoms with E-state index in [1.165, 1.54) is 23.5 Å². The molecule has 124 valence electrons. The molecule has 5 nitrogen and oxygen atoms in total. The second kappa shape index (κ2) is 6.43. The van der Waals surface area contributed by atoms with E-state index in [-0.39, 0.29) is 10.8 Å². The first kappa shape index (κ1) is 17.7. The van der Waals surface area contributed by atoms with E-state index in [1.807, 2.05) is 13.0 Å². The van der Waals surface area contributed by atoms with Crippen LogP contribution in [-0.2, 0) is 10.0 Å². The fourth-order valence-electron chi connectivity index (χ4n) is 1.95. The largest absolute Gasteiger partial charge is 0.321 e. The molecule has 0 fully saturated rings. The topological polar surface area (TPSA) is 75.3 Å². The molecule has 0 aliphatic carbocycles. The summed E-state index contributed by atoms with van der Waals surface area (Å²) in [5.74, 6) is -0.249. The molecule has 0 saturated carbocycles. The number of carbonyl (C=O) groups is 1. The van der Waals surface area contributed by atoms with Gasteiger partial charge in [0.25, 0.3) is 5.91 Å². The van der Waals surface area contributed by atoms with Crippen LogP contribution in [0, 0.1) is 6.92 Å². The molecular weight excluding hydrogens is 332 g/mol. The Morgan fingerprint density at radius 2 is 1.83 bits per heavy atom. The lowest BCUT2D eigenvalue weighted by Crippen LogP contribution is -2.40. The monoisotopic (exact) mass is 352 g/mol. The number of thiophene rings is 1. The lowest BCUT2D eigenvalue weighted by atomic mass is 10.1. The van der Waals surface area contributed by atoms with Gasteiger partial charge < -0.3 is 5.32 Å². The Morgan fingerprint density at radius 3 is 2.39 bits per heavy atom. The summed E-state index contributed by atoms with van der Waals surface area (Å²) in [5, 5.41) is 2.73. The number of hydrogen-bond donors (Lipinski definition) is 2. The first-order valence-corrected chi connectivity index (χ1v) is 9.39. The number of sulfonamides is 1. The van der Waals surface area contributed by atoms with E-state index in [4.69, 9.17) is 0 Å². The number of anilines is 1. The Bertz CT molecular complexity index is 818. The van der Waals surface area contributed by atoms with E-state index in [0.717, 1.165) is 4.88 Å². The van der Waals surface area contributed by atoms with Gasteiger partial charge in [-0.05, 0) is 58.0 Å². The minimum absolute atomic E-state index is 0.118. The molecule has 0 unspecified atom stereocenters. The summed E-state index contributed by atoms with van der Waals surface area (Å²) in [6.07, 6.45) is 0. The molecule has 0 atom stereocenters. The Balaban J connectivity index is 2.22. The summed E-state index contributed by atoms with van der Waals surface area (Å²) in [5.41, 5.74) is -0.134. The number of benzene rings is 1.